The van der Waals surface area contributed by atoms with Gasteiger partial charge in [-0.1, -0.05) is 32.1 Å². The van der Waals surface area contributed by atoms with Crippen molar-refractivity contribution >= 4 is 5.97 Å². The number of esters is 1. The Morgan fingerprint density at radius 2 is 1.94 bits per heavy atom. The highest BCUT2D eigenvalue weighted by Crippen LogP contribution is 2.27. The lowest BCUT2D eigenvalue weighted by atomic mass is 9.86. The van der Waals surface area contributed by atoms with Crippen LogP contribution in [0.1, 0.15) is 64.2 Å². The molecule has 18 heavy (non-hydrogen) atoms. The smallest absolute Gasteiger partial charge is 0.305 e. The zero-order valence-corrected chi connectivity index (χ0v) is 11.4. The van der Waals surface area contributed by atoms with Crippen LogP contribution in [0.3, 0.4) is 0 Å². The summed E-state index contributed by atoms with van der Waals surface area (Å²) in [5, 5.41) is 0. The van der Waals surface area contributed by atoms with Crippen LogP contribution in [0.4, 0.5) is 0 Å². The van der Waals surface area contributed by atoms with Crippen LogP contribution in [0.5, 0.6) is 0 Å². The van der Waals surface area contributed by atoms with E-state index < -0.39 is 0 Å². The van der Waals surface area contributed by atoms with E-state index in [1.807, 2.05) is 0 Å². The van der Waals surface area contributed by atoms with Gasteiger partial charge in [-0.25, -0.2) is 0 Å². The van der Waals surface area contributed by atoms with Crippen molar-refractivity contribution in [2.24, 2.45) is 5.92 Å². The van der Waals surface area contributed by atoms with Crippen LogP contribution in [0.2, 0.25) is 0 Å². The summed E-state index contributed by atoms with van der Waals surface area (Å²) in [5.74, 6) is 0.825. The molecule has 104 valence electrons. The molecule has 1 heterocycles. The van der Waals surface area contributed by atoms with Crippen molar-refractivity contribution in [2.75, 3.05) is 13.2 Å². The van der Waals surface area contributed by atoms with Crippen molar-refractivity contribution in [2.45, 2.75) is 70.3 Å². The highest BCUT2D eigenvalue weighted by molar-refractivity contribution is 5.69. The fraction of sp³-hybridized carbons (Fsp3) is 0.933. The summed E-state index contributed by atoms with van der Waals surface area (Å²) < 4.78 is 10.7. The molecule has 0 bridgehead atoms. The second kappa shape index (κ2) is 7.78. The molecule has 1 aliphatic carbocycles. The molecule has 1 saturated carbocycles. The van der Waals surface area contributed by atoms with Crippen LogP contribution in [0.25, 0.3) is 0 Å². The summed E-state index contributed by atoms with van der Waals surface area (Å²) in [6.07, 6.45) is 12.0. The predicted molar refractivity (Wildman–Crippen MR) is 70.4 cm³/mol. The molecule has 1 unspecified atom stereocenters. The van der Waals surface area contributed by atoms with Gasteiger partial charge >= 0.3 is 5.97 Å². The van der Waals surface area contributed by atoms with Gasteiger partial charge in [0.15, 0.2) is 0 Å². The predicted octanol–water partition coefficient (Wildman–Crippen LogP) is 3.46. The second-order valence-electron chi connectivity index (χ2n) is 5.71. The molecule has 3 heteroatoms. The molecule has 3 nitrogen and oxygen atoms in total. The highest BCUT2D eigenvalue weighted by atomic mass is 16.6. The zero-order chi connectivity index (χ0) is 12.6. The molecule has 0 aromatic carbocycles. The third kappa shape index (κ3) is 4.97. The van der Waals surface area contributed by atoms with E-state index in [2.05, 4.69) is 0 Å². The van der Waals surface area contributed by atoms with Gasteiger partial charge in [-0.15, -0.1) is 0 Å². The number of carbonyl (C=O) groups excluding carboxylic acids is 1. The van der Waals surface area contributed by atoms with Gasteiger partial charge in [-0.3, -0.25) is 4.79 Å². The standard InChI is InChI=1S/C15H26O3/c16-15(18-12-14-9-5-11-17-14)10-4-8-13-6-2-1-3-7-13/h13-14H,1-12H2. The van der Waals surface area contributed by atoms with E-state index in [4.69, 9.17) is 9.47 Å². The summed E-state index contributed by atoms with van der Waals surface area (Å²) in [6.45, 7) is 1.28. The lowest BCUT2D eigenvalue weighted by molar-refractivity contribution is -0.147. The Morgan fingerprint density at radius 1 is 1.11 bits per heavy atom. The number of ether oxygens (including phenoxy) is 2. The Kier molecular flexibility index (Phi) is 5.98. The van der Waals surface area contributed by atoms with Gasteiger partial charge in [-0.05, 0) is 31.6 Å². The fourth-order valence-corrected chi connectivity index (χ4v) is 3.04. The third-order valence-corrected chi connectivity index (χ3v) is 4.17. The largest absolute Gasteiger partial charge is 0.463 e. The normalized spacial score (nSPS) is 25.2. The molecule has 0 aromatic heterocycles. The first-order valence-electron chi connectivity index (χ1n) is 7.62. The van der Waals surface area contributed by atoms with E-state index in [1.54, 1.807) is 0 Å². The minimum Gasteiger partial charge on any atom is -0.463 e. The Bertz CT molecular complexity index is 240. The molecular weight excluding hydrogens is 228 g/mol. The first-order valence-corrected chi connectivity index (χ1v) is 7.62. The molecule has 0 amide bonds. The van der Waals surface area contributed by atoms with Crippen molar-refractivity contribution < 1.29 is 14.3 Å². The van der Waals surface area contributed by atoms with Crippen molar-refractivity contribution in [3.05, 3.63) is 0 Å². The van der Waals surface area contributed by atoms with Gasteiger partial charge in [0.25, 0.3) is 0 Å². The highest BCUT2D eigenvalue weighted by Gasteiger charge is 2.18. The van der Waals surface area contributed by atoms with E-state index in [9.17, 15) is 4.79 Å². The molecule has 2 fully saturated rings. The molecule has 0 radical (unpaired) electrons. The first-order chi connectivity index (χ1) is 8.84. The molecule has 0 spiro atoms. The topological polar surface area (TPSA) is 35.5 Å². The zero-order valence-electron chi connectivity index (χ0n) is 11.4. The van der Waals surface area contributed by atoms with Crippen molar-refractivity contribution in [1.29, 1.82) is 0 Å². The average molecular weight is 254 g/mol. The van der Waals surface area contributed by atoms with E-state index >= 15 is 0 Å². The van der Waals surface area contributed by atoms with E-state index in [1.165, 1.54) is 38.5 Å². The van der Waals surface area contributed by atoms with Gasteiger partial charge in [0.05, 0.1) is 6.10 Å². The Balaban J connectivity index is 1.48. The number of rotatable bonds is 6. The van der Waals surface area contributed by atoms with Gasteiger partial charge in [0.2, 0.25) is 0 Å². The lowest BCUT2D eigenvalue weighted by Gasteiger charge is -2.21. The molecule has 0 aromatic rings. The van der Waals surface area contributed by atoms with Crippen LogP contribution in [-0.4, -0.2) is 25.3 Å². The number of hydrogen-bond donors (Lipinski definition) is 0. The van der Waals surface area contributed by atoms with Gasteiger partial charge < -0.3 is 9.47 Å². The fourth-order valence-electron chi connectivity index (χ4n) is 3.04. The van der Waals surface area contributed by atoms with Gasteiger partial charge in [0, 0.05) is 13.0 Å². The summed E-state index contributed by atoms with van der Waals surface area (Å²) in [5.41, 5.74) is 0. The van der Waals surface area contributed by atoms with Crippen molar-refractivity contribution in [3.8, 4) is 0 Å². The van der Waals surface area contributed by atoms with Crippen LogP contribution < -0.4 is 0 Å². The lowest BCUT2D eigenvalue weighted by Crippen LogP contribution is -2.17. The average Bonchev–Trinajstić information content (AvgIpc) is 2.91. The van der Waals surface area contributed by atoms with E-state index in [0.29, 0.717) is 13.0 Å². The molecule has 1 aliphatic heterocycles. The number of hydrogen-bond acceptors (Lipinski definition) is 3. The maximum atomic E-state index is 11.6. The minimum atomic E-state index is -0.0405. The van der Waals surface area contributed by atoms with Gasteiger partial charge in [0.1, 0.15) is 6.61 Å². The summed E-state index contributed by atoms with van der Waals surface area (Å²) in [4.78, 5) is 11.6. The molecule has 2 rings (SSSR count). The monoisotopic (exact) mass is 254 g/mol. The summed E-state index contributed by atoms with van der Waals surface area (Å²) >= 11 is 0. The summed E-state index contributed by atoms with van der Waals surface area (Å²) in [7, 11) is 0. The Morgan fingerprint density at radius 3 is 2.67 bits per heavy atom. The SMILES string of the molecule is O=C(CCCC1CCCCC1)OCC1CCCO1. The van der Waals surface area contributed by atoms with Crippen LogP contribution in [0, 0.1) is 5.92 Å². The van der Waals surface area contributed by atoms with Crippen LogP contribution in [-0.2, 0) is 14.3 Å². The quantitative estimate of drug-likeness (QED) is 0.681. The third-order valence-electron chi connectivity index (χ3n) is 4.17. The molecule has 1 atom stereocenters. The van der Waals surface area contributed by atoms with Gasteiger partial charge in [-0.2, -0.15) is 0 Å². The maximum Gasteiger partial charge on any atom is 0.305 e. The van der Waals surface area contributed by atoms with Crippen molar-refractivity contribution in [3.63, 3.8) is 0 Å². The molecule has 0 N–H and O–H groups in total. The molecule has 1 saturated heterocycles. The molecule has 2 aliphatic rings. The van der Waals surface area contributed by atoms with E-state index in [0.717, 1.165) is 31.8 Å². The second-order valence-corrected chi connectivity index (χ2v) is 5.71. The number of carbonyl (C=O) groups is 1. The van der Waals surface area contributed by atoms with E-state index in [-0.39, 0.29) is 12.1 Å². The van der Waals surface area contributed by atoms with Crippen LogP contribution >= 0.6 is 0 Å². The minimum absolute atomic E-state index is 0.0405. The van der Waals surface area contributed by atoms with Crippen molar-refractivity contribution in [1.82, 2.24) is 0 Å². The Labute approximate surface area is 110 Å². The Hall–Kier alpha value is -0.570. The molecular formula is C15H26O3. The summed E-state index contributed by atoms with van der Waals surface area (Å²) in [6, 6.07) is 0. The maximum absolute atomic E-state index is 11.6. The van der Waals surface area contributed by atoms with Crippen LogP contribution in [0.15, 0.2) is 0 Å². The first kappa shape index (κ1) is 13.9.